The highest BCUT2D eigenvalue weighted by Crippen LogP contribution is 2.15. The summed E-state index contributed by atoms with van der Waals surface area (Å²) in [4.78, 5) is 8.43. The van der Waals surface area contributed by atoms with Crippen molar-refractivity contribution < 1.29 is 0 Å². The maximum Gasteiger partial charge on any atom is 0.191 e. The number of guanidine groups is 1. The minimum Gasteiger partial charge on any atom is -0.356 e. The van der Waals surface area contributed by atoms with Crippen LogP contribution in [0.1, 0.15) is 30.2 Å². The molecule has 1 aliphatic rings. The molecular formula is C22H33IN4S. The van der Waals surface area contributed by atoms with Crippen molar-refractivity contribution in [2.75, 3.05) is 26.7 Å². The second-order valence-electron chi connectivity index (χ2n) is 7.52. The molecule has 1 saturated heterocycles. The van der Waals surface area contributed by atoms with Crippen LogP contribution in [0.4, 0.5) is 0 Å². The Labute approximate surface area is 190 Å². The van der Waals surface area contributed by atoms with Crippen LogP contribution < -0.4 is 10.6 Å². The first kappa shape index (κ1) is 23.2. The average Bonchev–Trinajstić information content (AvgIpc) is 3.20. The van der Waals surface area contributed by atoms with Gasteiger partial charge in [0.2, 0.25) is 0 Å². The van der Waals surface area contributed by atoms with E-state index < -0.39 is 0 Å². The van der Waals surface area contributed by atoms with Gasteiger partial charge < -0.3 is 10.6 Å². The van der Waals surface area contributed by atoms with E-state index in [2.05, 4.69) is 75.3 Å². The molecule has 0 spiro atoms. The molecule has 2 aromatic rings. The average molecular weight is 513 g/mol. The van der Waals surface area contributed by atoms with Crippen molar-refractivity contribution in [2.45, 2.75) is 38.8 Å². The Morgan fingerprint density at radius 3 is 2.57 bits per heavy atom. The van der Waals surface area contributed by atoms with Crippen molar-refractivity contribution in [2.24, 2.45) is 10.9 Å². The monoisotopic (exact) mass is 512 g/mol. The molecule has 1 fully saturated rings. The standard InChI is InChI=1S/C22H32N4S.HI/c1-18(15-21-9-6-14-27-21)16-24-22(23-2)25-20-10-12-26(13-11-20)17-19-7-4-3-5-8-19;/h3-9,14,18,20H,10-13,15-17H2,1-2H3,(H2,23,24,25);1H. The minimum absolute atomic E-state index is 0. The fraction of sp³-hybridized carbons (Fsp3) is 0.500. The normalized spacial score (nSPS) is 17.0. The minimum atomic E-state index is 0. The van der Waals surface area contributed by atoms with Crippen LogP contribution in [0.15, 0.2) is 52.8 Å². The lowest BCUT2D eigenvalue weighted by atomic mass is 10.0. The van der Waals surface area contributed by atoms with E-state index in [-0.39, 0.29) is 24.0 Å². The molecule has 6 heteroatoms. The van der Waals surface area contributed by atoms with Gasteiger partial charge in [0.05, 0.1) is 0 Å². The highest BCUT2D eigenvalue weighted by atomic mass is 127. The summed E-state index contributed by atoms with van der Waals surface area (Å²) in [7, 11) is 1.86. The number of hydrogen-bond acceptors (Lipinski definition) is 3. The van der Waals surface area contributed by atoms with Gasteiger partial charge in [-0.25, -0.2) is 0 Å². The van der Waals surface area contributed by atoms with Crippen LogP contribution in [0.2, 0.25) is 0 Å². The topological polar surface area (TPSA) is 39.7 Å². The molecule has 154 valence electrons. The number of rotatable bonds is 7. The first-order chi connectivity index (χ1) is 13.2. The molecule has 0 saturated carbocycles. The number of piperidine rings is 1. The van der Waals surface area contributed by atoms with Crippen LogP contribution in [0.5, 0.6) is 0 Å². The highest BCUT2D eigenvalue weighted by Gasteiger charge is 2.20. The van der Waals surface area contributed by atoms with Crippen molar-refractivity contribution >= 4 is 41.3 Å². The molecule has 28 heavy (non-hydrogen) atoms. The molecule has 1 atom stereocenters. The maximum absolute atomic E-state index is 4.42. The Morgan fingerprint density at radius 1 is 1.18 bits per heavy atom. The van der Waals surface area contributed by atoms with Crippen LogP contribution in [-0.2, 0) is 13.0 Å². The van der Waals surface area contributed by atoms with E-state index in [0.717, 1.165) is 51.4 Å². The Balaban J connectivity index is 0.00000280. The van der Waals surface area contributed by atoms with Gasteiger partial charge in [-0.05, 0) is 42.2 Å². The van der Waals surface area contributed by atoms with E-state index in [0.29, 0.717) is 12.0 Å². The van der Waals surface area contributed by atoms with Gasteiger partial charge in [-0.2, -0.15) is 0 Å². The molecule has 3 rings (SSSR count). The van der Waals surface area contributed by atoms with E-state index in [1.807, 2.05) is 18.4 Å². The van der Waals surface area contributed by atoms with Crippen LogP contribution >= 0.6 is 35.3 Å². The van der Waals surface area contributed by atoms with Crippen molar-refractivity contribution in [3.8, 4) is 0 Å². The smallest absolute Gasteiger partial charge is 0.191 e. The van der Waals surface area contributed by atoms with E-state index >= 15 is 0 Å². The highest BCUT2D eigenvalue weighted by molar-refractivity contribution is 14.0. The fourth-order valence-electron chi connectivity index (χ4n) is 3.58. The predicted octanol–water partition coefficient (Wildman–Crippen LogP) is 4.37. The zero-order valence-corrected chi connectivity index (χ0v) is 20.1. The van der Waals surface area contributed by atoms with Crippen LogP contribution in [0.25, 0.3) is 0 Å². The van der Waals surface area contributed by atoms with Gasteiger partial charge in [0.25, 0.3) is 0 Å². The van der Waals surface area contributed by atoms with Gasteiger partial charge in [0.15, 0.2) is 5.96 Å². The molecule has 4 nitrogen and oxygen atoms in total. The summed E-state index contributed by atoms with van der Waals surface area (Å²) in [5, 5.41) is 9.28. The Bertz CT molecular complexity index is 682. The first-order valence-electron chi connectivity index (χ1n) is 9.99. The summed E-state index contributed by atoms with van der Waals surface area (Å²) in [6, 6.07) is 15.6. The third-order valence-corrected chi connectivity index (χ3v) is 6.05. The van der Waals surface area contributed by atoms with Gasteiger partial charge in [0.1, 0.15) is 0 Å². The second-order valence-corrected chi connectivity index (χ2v) is 8.55. The largest absolute Gasteiger partial charge is 0.356 e. The molecule has 2 heterocycles. The molecule has 0 aliphatic carbocycles. The lowest BCUT2D eigenvalue weighted by molar-refractivity contribution is 0.198. The van der Waals surface area contributed by atoms with Crippen molar-refractivity contribution in [1.82, 2.24) is 15.5 Å². The number of hydrogen-bond donors (Lipinski definition) is 2. The zero-order chi connectivity index (χ0) is 18.9. The summed E-state index contributed by atoms with van der Waals surface area (Å²) in [6.07, 6.45) is 3.45. The number of benzene rings is 1. The molecule has 1 unspecified atom stereocenters. The van der Waals surface area contributed by atoms with Crippen molar-refractivity contribution in [1.29, 1.82) is 0 Å². The number of thiophene rings is 1. The Morgan fingerprint density at radius 2 is 1.93 bits per heavy atom. The lowest BCUT2D eigenvalue weighted by Gasteiger charge is -2.33. The molecule has 1 aromatic carbocycles. The van der Waals surface area contributed by atoms with Crippen LogP contribution in [0.3, 0.4) is 0 Å². The van der Waals surface area contributed by atoms with E-state index in [9.17, 15) is 0 Å². The predicted molar refractivity (Wildman–Crippen MR) is 132 cm³/mol. The Kier molecular flexibility index (Phi) is 10.3. The van der Waals surface area contributed by atoms with Crippen LogP contribution in [-0.4, -0.2) is 43.6 Å². The lowest BCUT2D eigenvalue weighted by Crippen LogP contribution is -2.49. The molecular weight excluding hydrogens is 479 g/mol. The van der Waals surface area contributed by atoms with E-state index in [1.54, 1.807) is 0 Å². The van der Waals surface area contributed by atoms with E-state index in [4.69, 9.17) is 0 Å². The van der Waals surface area contributed by atoms with Gasteiger partial charge in [-0.1, -0.05) is 43.3 Å². The fourth-order valence-corrected chi connectivity index (χ4v) is 4.45. The van der Waals surface area contributed by atoms with Gasteiger partial charge in [-0.15, -0.1) is 35.3 Å². The molecule has 0 bridgehead atoms. The first-order valence-corrected chi connectivity index (χ1v) is 10.9. The SMILES string of the molecule is CN=C(NCC(C)Cc1cccs1)NC1CCN(Cc2ccccc2)CC1.I. The quantitative estimate of drug-likeness (QED) is 0.329. The summed E-state index contributed by atoms with van der Waals surface area (Å²) in [6.45, 7) is 6.57. The molecule has 0 radical (unpaired) electrons. The maximum atomic E-state index is 4.42. The number of likely N-dealkylation sites (tertiary alicyclic amines) is 1. The third-order valence-electron chi connectivity index (χ3n) is 5.15. The third kappa shape index (κ3) is 7.72. The van der Waals surface area contributed by atoms with E-state index in [1.165, 1.54) is 10.4 Å². The molecule has 2 N–H and O–H groups in total. The number of nitrogens with zero attached hydrogens (tertiary/aromatic N) is 2. The van der Waals surface area contributed by atoms with Crippen molar-refractivity contribution in [3.05, 3.63) is 58.3 Å². The summed E-state index contributed by atoms with van der Waals surface area (Å²) >= 11 is 1.84. The number of aliphatic imine (C=N–C) groups is 1. The van der Waals surface area contributed by atoms with Crippen LogP contribution in [0, 0.1) is 5.92 Å². The molecule has 1 aromatic heterocycles. The van der Waals surface area contributed by atoms with Gasteiger partial charge >= 0.3 is 0 Å². The molecule has 0 amide bonds. The van der Waals surface area contributed by atoms with Crippen molar-refractivity contribution in [3.63, 3.8) is 0 Å². The van der Waals surface area contributed by atoms with Gasteiger partial charge in [-0.3, -0.25) is 9.89 Å². The molecule has 1 aliphatic heterocycles. The zero-order valence-electron chi connectivity index (χ0n) is 16.9. The summed E-state index contributed by atoms with van der Waals surface area (Å²) in [5.41, 5.74) is 1.40. The number of halogens is 1. The second kappa shape index (κ2) is 12.4. The number of nitrogens with one attached hydrogen (secondary N) is 2. The summed E-state index contributed by atoms with van der Waals surface area (Å²) in [5.74, 6) is 1.53. The Hall–Kier alpha value is -1.12. The summed E-state index contributed by atoms with van der Waals surface area (Å²) < 4.78 is 0. The van der Waals surface area contributed by atoms with Gasteiger partial charge in [0, 0.05) is 44.1 Å².